The fourth-order valence-corrected chi connectivity index (χ4v) is 3.56. The predicted octanol–water partition coefficient (Wildman–Crippen LogP) is 4.19. The lowest BCUT2D eigenvalue weighted by molar-refractivity contribution is 0.630. The van der Waals surface area contributed by atoms with Crippen LogP contribution < -0.4 is 5.73 Å². The van der Waals surface area contributed by atoms with Gasteiger partial charge in [-0.2, -0.15) is 0 Å². The standard InChI is InChI=1S/C14H15FN2S/c15-11-8-4-3-7-10(11)12-13(16)18-14(17-12)9-5-1-2-6-9/h3-4,7-9H,1-2,5-6,16H2. The number of nitrogens with two attached hydrogens (primary N) is 1. The first-order chi connectivity index (χ1) is 8.75. The van der Waals surface area contributed by atoms with E-state index in [2.05, 4.69) is 4.98 Å². The van der Waals surface area contributed by atoms with Gasteiger partial charge in [0.15, 0.2) is 0 Å². The molecular formula is C14H15FN2S. The van der Waals surface area contributed by atoms with E-state index in [0.29, 0.717) is 22.2 Å². The van der Waals surface area contributed by atoms with Gasteiger partial charge in [-0.15, -0.1) is 11.3 Å². The molecule has 0 radical (unpaired) electrons. The molecule has 3 rings (SSSR count). The fourth-order valence-electron chi connectivity index (χ4n) is 2.54. The van der Waals surface area contributed by atoms with Crippen molar-refractivity contribution >= 4 is 16.3 Å². The van der Waals surface area contributed by atoms with Crippen LogP contribution in [0.25, 0.3) is 11.3 Å². The summed E-state index contributed by atoms with van der Waals surface area (Å²) in [6.07, 6.45) is 4.89. The highest BCUT2D eigenvalue weighted by atomic mass is 32.1. The fraction of sp³-hybridized carbons (Fsp3) is 0.357. The van der Waals surface area contributed by atoms with Crippen LogP contribution in [0.15, 0.2) is 24.3 Å². The van der Waals surface area contributed by atoms with Crippen molar-refractivity contribution in [1.82, 2.24) is 4.98 Å². The van der Waals surface area contributed by atoms with Crippen molar-refractivity contribution in [3.8, 4) is 11.3 Å². The third-order valence-corrected chi connectivity index (χ3v) is 4.55. The molecule has 1 aliphatic rings. The first-order valence-corrected chi connectivity index (χ1v) is 7.08. The Balaban J connectivity index is 2.00. The van der Waals surface area contributed by atoms with Gasteiger partial charge < -0.3 is 5.73 Å². The van der Waals surface area contributed by atoms with Gasteiger partial charge >= 0.3 is 0 Å². The number of nitrogens with zero attached hydrogens (tertiary/aromatic N) is 1. The van der Waals surface area contributed by atoms with Gasteiger partial charge in [-0.25, -0.2) is 9.37 Å². The number of anilines is 1. The summed E-state index contributed by atoms with van der Waals surface area (Å²) in [6, 6.07) is 6.67. The molecule has 0 atom stereocenters. The molecule has 2 aromatic rings. The number of halogens is 1. The minimum absolute atomic E-state index is 0.257. The number of benzene rings is 1. The number of hydrogen-bond donors (Lipinski definition) is 1. The maximum atomic E-state index is 13.8. The number of rotatable bonds is 2. The highest BCUT2D eigenvalue weighted by Crippen LogP contribution is 2.40. The summed E-state index contributed by atoms with van der Waals surface area (Å²) >= 11 is 1.52. The van der Waals surface area contributed by atoms with Gasteiger partial charge in [0.2, 0.25) is 0 Å². The smallest absolute Gasteiger partial charge is 0.132 e. The molecule has 0 unspecified atom stereocenters. The summed E-state index contributed by atoms with van der Waals surface area (Å²) in [6.45, 7) is 0. The van der Waals surface area contributed by atoms with Gasteiger partial charge in [-0.3, -0.25) is 0 Å². The molecule has 18 heavy (non-hydrogen) atoms. The molecule has 1 saturated carbocycles. The Hall–Kier alpha value is -1.42. The first-order valence-electron chi connectivity index (χ1n) is 6.27. The van der Waals surface area contributed by atoms with Crippen molar-refractivity contribution in [3.63, 3.8) is 0 Å². The van der Waals surface area contributed by atoms with Crippen LogP contribution in [0.3, 0.4) is 0 Å². The van der Waals surface area contributed by atoms with E-state index >= 15 is 0 Å². The van der Waals surface area contributed by atoms with Crippen molar-refractivity contribution in [3.05, 3.63) is 35.1 Å². The molecule has 2 nitrogen and oxygen atoms in total. The lowest BCUT2D eigenvalue weighted by Crippen LogP contribution is -1.92. The Morgan fingerprint density at radius 1 is 1.22 bits per heavy atom. The maximum absolute atomic E-state index is 13.8. The van der Waals surface area contributed by atoms with Crippen LogP contribution in [0.4, 0.5) is 9.39 Å². The zero-order valence-electron chi connectivity index (χ0n) is 10.0. The molecule has 0 saturated heterocycles. The van der Waals surface area contributed by atoms with Crippen LogP contribution in [0.5, 0.6) is 0 Å². The zero-order valence-corrected chi connectivity index (χ0v) is 10.8. The van der Waals surface area contributed by atoms with Gasteiger partial charge in [-0.1, -0.05) is 25.0 Å². The molecule has 1 heterocycles. The molecule has 0 spiro atoms. The summed E-state index contributed by atoms with van der Waals surface area (Å²) < 4.78 is 13.8. The zero-order chi connectivity index (χ0) is 12.5. The van der Waals surface area contributed by atoms with Gasteiger partial charge in [0, 0.05) is 11.5 Å². The summed E-state index contributed by atoms with van der Waals surface area (Å²) in [7, 11) is 0. The van der Waals surface area contributed by atoms with Crippen LogP contribution in [-0.2, 0) is 0 Å². The first kappa shape index (κ1) is 11.7. The summed E-state index contributed by atoms with van der Waals surface area (Å²) in [4.78, 5) is 4.58. The number of hydrogen-bond acceptors (Lipinski definition) is 3. The molecule has 1 aromatic carbocycles. The quantitative estimate of drug-likeness (QED) is 0.881. The molecule has 0 aliphatic heterocycles. The van der Waals surface area contributed by atoms with Crippen molar-refractivity contribution in [2.24, 2.45) is 0 Å². The Morgan fingerprint density at radius 3 is 2.67 bits per heavy atom. The van der Waals surface area contributed by atoms with Gasteiger partial charge in [0.25, 0.3) is 0 Å². The average Bonchev–Trinajstić information content (AvgIpc) is 2.99. The third kappa shape index (κ3) is 2.01. The molecule has 0 amide bonds. The molecule has 0 bridgehead atoms. The maximum Gasteiger partial charge on any atom is 0.132 e. The number of aromatic nitrogens is 1. The van der Waals surface area contributed by atoms with E-state index in [1.54, 1.807) is 12.1 Å². The van der Waals surface area contributed by atoms with Crippen molar-refractivity contribution in [2.75, 3.05) is 5.73 Å². The largest absolute Gasteiger partial charge is 0.389 e. The van der Waals surface area contributed by atoms with Crippen molar-refractivity contribution < 1.29 is 4.39 Å². The monoisotopic (exact) mass is 262 g/mol. The van der Waals surface area contributed by atoms with Crippen LogP contribution in [-0.4, -0.2) is 4.98 Å². The van der Waals surface area contributed by atoms with E-state index in [0.717, 1.165) is 5.01 Å². The summed E-state index contributed by atoms with van der Waals surface area (Å²) in [5.74, 6) is 0.269. The molecule has 1 aliphatic carbocycles. The van der Waals surface area contributed by atoms with Crippen LogP contribution in [0.2, 0.25) is 0 Å². The lowest BCUT2D eigenvalue weighted by Gasteiger charge is -2.03. The van der Waals surface area contributed by atoms with Crippen LogP contribution >= 0.6 is 11.3 Å². The highest BCUT2D eigenvalue weighted by molar-refractivity contribution is 7.16. The predicted molar refractivity (Wildman–Crippen MR) is 73.1 cm³/mol. The number of nitrogen functional groups attached to an aromatic ring is 1. The minimum Gasteiger partial charge on any atom is -0.389 e. The van der Waals surface area contributed by atoms with E-state index in [-0.39, 0.29) is 5.82 Å². The van der Waals surface area contributed by atoms with E-state index in [1.165, 1.54) is 43.1 Å². The second-order valence-corrected chi connectivity index (χ2v) is 5.79. The van der Waals surface area contributed by atoms with E-state index in [1.807, 2.05) is 6.07 Å². The van der Waals surface area contributed by atoms with Crippen LogP contribution in [0, 0.1) is 5.82 Å². The second kappa shape index (κ2) is 4.69. The van der Waals surface area contributed by atoms with Crippen molar-refractivity contribution in [2.45, 2.75) is 31.6 Å². The summed E-state index contributed by atoms with van der Waals surface area (Å²) in [5.41, 5.74) is 7.12. The topological polar surface area (TPSA) is 38.9 Å². The molecule has 4 heteroatoms. The minimum atomic E-state index is -0.257. The Labute approximate surface area is 110 Å². The van der Waals surface area contributed by atoms with Gasteiger partial charge in [-0.05, 0) is 25.0 Å². The molecule has 1 aromatic heterocycles. The van der Waals surface area contributed by atoms with E-state index in [9.17, 15) is 4.39 Å². The SMILES string of the molecule is Nc1sc(C2CCCC2)nc1-c1ccccc1F. The van der Waals surface area contributed by atoms with Crippen molar-refractivity contribution in [1.29, 1.82) is 0 Å². The second-order valence-electron chi connectivity index (χ2n) is 4.73. The Bertz CT molecular complexity index is 559. The number of thiazole rings is 1. The molecular weight excluding hydrogens is 247 g/mol. The van der Waals surface area contributed by atoms with Crippen LogP contribution in [0.1, 0.15) is 36.6 Å². The third-order valence-electron chi connectivity index (χ3n) is 3.50. The molecule has 1 fully saturated rings. The van der Waals surface area contributed by atoms with E-state index in [4.69, 9.17) is 5.73 Å². The van der Waals surface area contributed by atoms with E-state index < -0.39 is 0 Å². The Morgan fingerprint density at radius 2 is 1.94 bits per heavy atom. The molecule has 2 N–H and O–H groups in total. The van der Waals surface area contributed by atoms with Gasteiger partial charge in [0.1, 0.15) is 16.5 Å². The normalized spacial score (nSPS) is 16.3. The highest BCUT2D eigenvalue weighted by Gasteiger charge is 2.23. The van der Waals surface area contributed by atoms with Gasteiger partial charge in [0.05, 0.1) is 5.01 Å². The molecule has 94 valence electrons. The average molecular weight is 262 g/mol. The summed E-state index contributed by atoms with van der Waals surface area (Å²) in [5, 5.41) is 1.70. The Kier molecular flexibility index (Phi) is 3.04. The lowest BCUT2D eigenvalue weighted by atomic mass is 10.1.